The van der Waals surface area contributed by atoms with Crippen LogP contribution in [0.2, 0.25) is 0 Å². The van der Waals surface area contributed by atoms with Crippen molar-refractivity contribution in [1.29, 1.82) is 0 Å². The van der Waals surface area contributed by atoms with E-state index in [0.717, 1.165) is 29.3 Å². The molecule has 2 N–H and O–H groups in total. The maximum absolute atomic E-state index is 4.46. The summed E-state index contributed by atoms with van der Waals surface area (Å²) in [6, 6.07) is 16.6. The molecule has 0 unspecified atom stereocenters. The molecule has 2 fully saturated rings. The second-order valence-electron chi connectivity index (χ2n) is 7.23. The normalized spacial score (nSPS) is 17.0. The Morgan fingerprint density at radius 3 is 2.56 bits per heavy atom. The van der Waals surface area contributed by atoms with Crippen LogP contribution in [0.3, 0.4) is 0 Å². The molecule has 3 aromatic rings. The number of aromatic nitrogens is 2. The van der Waals surface area contributed by atoms with Crippen LogP contribution in [0.25, 0.3) is 22.0 Å². The van der Waals surface area contributed by atoms with E-state index < -0.39 is 0 Å². The maximum atomic E-state index is 4.46. The molecule has 0 saturated heterocycles. The molecule has 4 heteroatoms. The van der Waals surface area contributed by atoms with Crippen LogP contribution in [0.1, 0.15) is 31.2 Å². The van der Waals surface area contributed by atoms with Gasteiger partial charge in [0, 0.05) is 24.0 Å². The fourth-order valence-corrected chi connectivity index (χ4v) is 3.18. The van der Waals surface area contributed by atoms with E-state index in [9.17, 15) is 0 Å². The van der Waals surface area contributed by atoms with E-state index in [1.807, 2.05) is 0 Å². The molecule has 4 nitrogen and oxygen atoms in total. The Balaban J connectivity index is 1.48. The first-order chi connectivity index (χ1) is 12.3. The smallest absolute Gasteiger partial charge is 0.137 e. The number of hydrogen-bond acceptors (Lipinski definition) is 4. The van der Waals surface area contributed by atoms with E-state index in [1.54, 1.807) is 6.33 Å². The molecule has 5 rings (SSSR count). The minimum atomic E-state index is 0.582. The van der Waals surface area contributed by atoms with E-state index in [0.29, 0.717) is 6.04 Å². The number of nitrogens with zero attached hydrogens (tertiary/aromatic N) is 2. The minimum absolute atomic E-state index is 0.582. The van der Waals surface area contributed by atoms with Crippen molar-refractivity contribution in [3.05, 3.63) is 54.4 Å². The Labute approximate surface area is 147 Å². The summed E-state index contributed by atoms with van der Waals surface area (Å²) in [5.41, 5.74) is 4.80. The molecule has 1 aromatic heterocycles. The van der Waals surface area contributed by atoms with Gasteiger partial charge < -0.3 is 10.6 Å². The number of hydrogen-bond donors (Lipinski definition) is 2. The number of nitrogens with one attached hydrogen (secondary N) is 2. The first-order valence-corrected chi connectivity index (χ1v) is 9.19. The highest BCUT2D eigenvalue weighted by Gasteiger charge is 2.22. The Morgan fingerprint density at radius 2 is 1.72 bits per heavy atom. The van der Waals surface area contributed by atoms with Gasteiger partial charge in [0.1, 0.15) is 12.1 Å². The minimum Gasteiger partial charge on any atom is -0.367 e. The molecule has 0 amide bonds. The summed E-state index contributed by atoms with van der Waals surface area (Å²) in [4.78, 5) is 8.88. The van der Waals surface area contributed by atoms with Crippen LogP contribution in [0, 0.1) is 0 Å². The lowest BCUT2D eigenvalue weighted by molar-refractivity contribution is 0.688. The third kappa shape index (κ3) is 3.35. The van der Waals surface area contributed by atoms with Gasteiger partial charge in [-0.3, -0.25) is 0 Å². The molecule has 2 aliphatic carbocycles. The predicted molar refractivity (Wildman–Crippen MR) is 101 cm³/mol. The lowest BCUT2D eigenvalue weighted by Gasteiger charge is -2.10. The average molecular weight is 330 g/mol. The molecule has 0 radical (unpaired) electrons. The van der Waals surface area contributed by atoms with Crippen LogP contribution in [-0.2, 0) is 6.54 Å². The molecule has 2 saturated carbocycles. The Kier molecular flexibility index (Phi) is 3.63. The van der Waals surface area contributed by atoms with Gasteiger partial charge in [-0.15, -0.1) is 0 Å². The van der Waals surface area contributed by atoms with Crippen LogP contribution in [-0.4, -0.2) is 22.1 Å². The van der Waals surface area contributed by atoms with Crippen molar-refractivity contribution in [3.63, 3.8) is 0 Å². The van der Waals surface area contributed by atoms with Crippen molar-refractivity contribution in [2.45, 2.75) is 44.3 Å². The molecular weight excluding hydrogens is 308 g/mol. The van der Waals surface area contributed by atoms with E-state index in [-0.39, 0.29) is 0 Å². The lowest BCUT2D eigenvalue weighted by Crippen LogP contribution is -2.15. The number of rotatable bonds is 6. The second-order valence-corrected chi connectivity index (χ2v) is 7.23. The van der Waals surface area contributed by atoms with Gasteiger partial charge in [0.15, 0.2) is 0 Å². The molecule has 0 aliphatic heterocycles. The second kappa shape index (κ2) is 6.12. The van der Waals surface area contributed by atoms with Crippen LogP contribution in [0.15, 0.2) is 48.8 Å². The summed E-state index contributed by atoms with van der Waals surface area (Å²) < 4.78 is 0. The van der Waals surface area contributed by atoms with Crippen molar-refractivity contribution in [2.24, 2.45) is 0 Å². The first-order valence-electron chi connectivity index (χ1n) is 9.19. The summed E-state index contributed by atoms with van der Waals surface area (Å²) in [5, 5.41) is 8.22. The van der Waals surface area contributed by atoms with Gasteiger partial charge in [-0.25, -0.2) is 9.97 Å². The molecule has 126 valence electrons. The van der Waals surface area contributed by atoms with Crippen molar-refractivity contribution in [2.75, 3.05) is 5.32 Å². The number of benzene rings is 2. The third-order valence-electron chi connectivity index (χ3n) is 4.99. The zero-order valence-electron chi connectivity index (χ0n) is 14.2. The van der Waals surface area contributed by atoms with Crippen LogP contribution in [0.5, 0.6) is 0 Å². The molecule has 2 aliphatic rings. The van der Waals surface area contributed by atoms with E-state index in [1.165, 1.54) is 42.4 Å². The molecule has 0 atom stereocenters. The number of fused-ring (bicyclic) bond motifs is 1. The highest BCUT2D eigenvalue weighted by atomic mass is 15.1. The van der Waals surface area contributed by atoms with Crippen molar-refractivity contribution >= 4 is 16.7 Å². The van der Waals surface area contributed by atoms with Crippen LogP contribution in [0.4, 0.5) is 5.82 Å². The molecule has 0 bridgehead atoms. The number of anilines is 1. The van der Waals surface area contributed by atoms with Gasteiger partial charge >= 0.3 is 0 Å². The van der Waals surface area contributed by atoms with Gasteiger partial charge in [-0.05, 0) is 60.6 Å². The molecule has 1 heterocycles. The quantitative estimate of drug-likeness (QED) is 0.714. The Bertz CT molecular complexity index is 913. The predicted octanol–water partition coefficient (Wildman–Crippen LogP) is 4.12. The van der Waals surface area contributed by atoms with Crippen molar-refractivity contribution in [1.82, 2.24) is 15.3 Å². The summed E-state index contributed by atoms with van der Waals surface area (Å²) in [5.74, 6) is 0.959. The Morgan fingerprint density at radius 1 is 0.880 bits per heavy atom. The summed E-state index contributed by atoms with van der Waals surface area (Å²) >= 11 is 0. The van der Waals surface area contributed by atoms with Crippen molar-refractivity contribution in [3.8, 4) is 11.1 Å². The fraction of sp³-hybridized carbons (Fsp3) is 0.333. The van der Waals surface area contributed by atoms with Gasteiger partial charge in [-0.1, -0.05) is 24.3 Å². The van der Waals surface area contributed by atoms with E-state index in [2.05, 4.69) is 63.1 Å². The van der Waals surface area contributed by atoms with Gasteiger partial charge in [0.05, 0.1) is 5.52 Å². The average Bonchev–Trinajstić information content (AvgIpc) is 3.55. The summed E-state index contributed by atoms with van der Waals surface area (Å²) in [7, 11) is 0. The van der Waals surface area contributed by atoms with Crippen LogP contribution < -0.4 is 10.6 Å². The largest absolute Gasteiger partial charge is 0.367 e. The van der Waals surface area contributed by atoms with E-state index >= 15 is 0 Å². The zero-order chi connectivity index (χ0) is 16.6. The van der Waals surface area contributed by atoms with Crippen LogP contribution >= 0.6 is 0 Å². The lowest BCUT2D eigenvalue weighted by atomic mass is 10.0. The van der Waals surface area contributed by atoms with E-state index in [4.69, 9.17) is 0 Å². The van der Waals surface area contributed by atoms with Gasteiger partial charge in [0.2, 0.25) is 0 Å². The SMILES string of the molecule is c1cc(CNC2CC2)cc(-c2ccc3ncnc(NC4CC4)c3c2)c1. The fourth-order valence-electron chi connectivity index (χ4n) is 3.18. The monoisotopic (exact) mass is 330 g/mol. The third-order valence-corrected chi connectivity index (χ3v) is 4.99. The maximum Gasteiger partial charge on any atom is 0.137 e. The zero-order valence-corrected chi connectivity index (χ0v) is 14.2. The van der Waals surface area contributed by atoms with Crippen molar-refractivity contribution < 1.29 is 0 Å². The topological polar surface area (TPSA) is 49.8 Å². The van der Waals surface area contributed by atoms with Gasteiger partial charge in [0.25, 0.3) is 0 Å². The molecule has 25 heavy (non-hydrogen) atoms. The highest BCUT2D eigenvalue weighted by molar-refractivity contribution is 5.92. The summed E-state index contributed by atoms with van der Waals surface area (Å²) in [6.45, 7) is 0.948. The summed E-state index contributed by atoms with van der Waals surface area (Å²) in [6.07, 6.45) is 6.77. The Hall–Kier alpha value is -2.46. The standard InChI is InChI=1S/C21H22N4/c1-2-14(12-22-17-5-6-17)10-15(3-1)16-4-9-20-19(11-16)21(24-13-23-20)25-18-7-8-18/h1-4,9-11,13,17-18,22H,5-8,12H2,(H,23,24,25). The first kappa shape index (κ1) is 14.8. The molecular formula is C21H22N4. The molecule has 2 aromatic carbocycles. The van der Waals surface area contributed by atoms with Gasteiger partial charge in [-0.2, -0.15) is 0 Å². The molecule has 0 spiro atoms. The highest BCUT2D eigenvalue weighted by Crippen LogP contribution is 2.31.